The molecule has 4 heteroatoms. The van der Waals surface area contributed by atoms with Crippen molar-refractivity contribution in [3.63, 3.8) is 0 Å². The summed E-state index contributed by atoms with van der Waals surface area (Å²) in [4.78, 5) is 22.7. The molecule has 72 valence electrons. The van der Waals surface area contributed by atoms with Crippen molar-refractivity contribution in [3.05, 3.63) is 34.9 Å². The van der Waals surface area contributed by atoms with Gasteiger partial charge >= 0.3 is 0 Å². The Morgan fingerprint density at radius 3 is 2.29 bits per heavy atom. The Bertz CT molecular complexity index is 445. The van der Waals surface area contributed by atoms with Gasteiger partial charge in [0.15, 0.2) is 0 Å². The lowest BCUT2D eigenvalue weighted by atomic mass is 10.1. The SMILES string of the molecule is Cc1ccc2c(c1)C(=O)C(O)(O)C2=O. The van der Waals surface area contributed by atoms with E-state index in [1.165, 1.54) is 12.1 Å². The van der Waals surface area contributed by atoms with Crippen molar-refractivity contribution in [1.82, 2.24) is 0 Å². The van der Waals surface area contributed by atoms with Crippen molar-refractivity contribution in [2.75, 3.05) is 0 Å². The molecule has 0 spiro atoms. The molecule has 1 aromatic rings. The zero-order valence-corrected chi connectivity index (χ0v) is 7.44. The minimum Gasteiger partial charge on any atom is -0.353 e. The molecular weight excluding hydrogens is 184 g/mol. The summed E-state index contributed by atoms with van der Waals surface area (Å²) in [5.41, 5.74) is 0.952. The van der Waals surface area contributed by atoms with Crippen molar-refractivity contribution < 1.29 is 19.8 Å². The van der Waals surface area contributed by atoms with Crippen LogP contribution in [0.1, 0.15) is 26.3 Å². The first kappa shape index (κ1) is 9.05. The summed E-state index contributed by atoms with van der Waals surface area (Å²) in [6.45, 7) is 1.76. The lowest BCUT2D eigenvalue weighted by molar-refractivity contribution is -0.0857. The van der Waals surface area contributed by atoms with Crippen LogP contribution in [-0.2, 0) is 0 Å². The number of ketones is 2. The van der Waals surface area contributed by atoms with Crippen molar-refractivity contribution >= 4 is 11.6 Å². The summed E-state index contributed by atoms with van der Waals surface area (Å²) in [5.74, 6) is -4.76. The van der Waals surface area contributed by atoms with Gasteiger partial charge in [-0.2, -0.15) is 0 Å². The van der Waals surface area contributed by atoms with E-state index in [9.17, 15) is 19.8 Å². The molecule has 1 aliphatic carbocycles. The van der Waals surface area contributed by atoms with Gasteiger partial charge < -0.3 is 10.2 Å². The predicted octanol–water partition coefficient (Wildman–Crippen LogP) is 0.0549. The summed E-state index contributed by atoms with van der Waals surface area (Å²) in [7, 11) is 0. The maximum absolute atomic E-state index is 11.4. The number of rotatable bonds is 0. The van der Waals surface area contributed by atoms with E-state index in [0.717, 1.165) is 5.56 Å². The first-order valence-corrected chi connectivity index (χ1v) is 4.09. The third kappa shape index (κ3) is 0.950. The van der Waals surface area contributed by atoms with Gasteiger partial charge in [0.2, 0.25) is 11.6 Å². The molecule has 0 atom stereocenters. The Morgan fingerprint density at radius 2 is 1.64 bits per heavy atom. The van der Waals surface area contributed by atoms with E-state index >= 15 is 0 Å². The number of carbonyl (C=O) groups is 2. The monoisotopic (exact) mass is 192 g/mol. The number of hydrogen-bond acceptors (Lipinski definition) is 4. The van der Waals surface area contributed by atoms with E-state index in [2.05, 4.69) is 0 Å². The molecular formula is C10H8O4. The van der Waals surface area contributed by atoms with Gasteiger partial charge in [-0.25, -0.2) is 0 Å². The number of Topliss-reactive ketones (excluding diaryl/α,β-unsaturated/α-hetero) is 2. The van der Waals surface area contributed by atoms with Crippen LogP contribution in [0.4, 0.5) is 0 Å². The second-order valence-electron chi connectivity index (χ2n) is 3.38. The van der Waals surface area contributed by atoms with E-state index in [0.29, 0.717) is 0 Å². The number of benzene rings is 1. The molecule has 0 saturated heterocycles. The number of aryl methyl sites for hydroxylation is 1. The highest BCUT2D eigenvalue weighted by Crippen LogP contribution is 2.28. The zero-order valence-electron chi connectivity index (χ0n) is 7.44. The molecule has 0 saturated carbocycles. The molecule has 0 fully saturated rings. The highest BCUT2D eigenvalue weighted by molar-refractivity contribution is 6.30. The fourth-order valence-electron chi connectivity index (χ4n) is 1.52. The van der Waals surface area contributed by atoms with Crippen LogP contribution in [0.25, 0.3) is 0 Å². The van der Waals surface area contributed by atoms with Gasteiger partial charge in [-0.05, 0) is 13.0 Å². The summed E-state index contributed by atoms with van der Waals surface area (Å²) in [5, 5.41) is 18.4. The zero-order chi connectivity index (χ0) is 10.5. The highest BCUT2D eigenvalue weighted by Gasteiger charge is 2.50. The Labute approximate surface area is 79.8 Å². The quantitative estimate of drug-likeness (QED) is 0.450. The minimum atomic E-state index is -2.86. The average molecular weight is 192 g/mol. The number of aliphatic hydroxyl groups is 2. The van der Waals surface area contributed by atoms with Gasteiger partial charge in [-0.1, -0.05) is 17.7 Å². The van der Waals surface area contributed by atoms with Crippen LogP contribution < -0.4 is 0 Å². The maximum atomic E-state index is 11.4. The molecule has 2 rings (SSSR count). The van der Waals surface area contributed by atoms with Crippen LogP contribution in [0.3, 0.4) is 0 Å². The smallest absolute Gasteiger partial charge is 0.295 e. The fourth-order valence-corrected chi connectivity index (χ4v) is 1.52. The lowest BCUT2D eigenvalue weighted by Gasteiger charge is -2.08. The molecule has 0 radical (unpaired) electrons. The van der Waals surface area contributed by atoms with E-state index in [1.807, 2.05) is 0 Å². The van der Waals surface area contributed by atoms with Gasteiger partial charge in [-0.3, -0.25) is 9.59 Å². The highest BCUT2D eigenvalue weighted by atomic mass is 16.5. The van der Waals surface area contributed by atoms with Crippen LogP contribution in [0.5, 0.6) is 0 Å². The van der Waals surface area contributed by atoms with Crippen molar-refractivity contribution in [2.24, 2.45) is 0 Å². The van der Waals surface area contributed by atoms with E-state index in [1.54, 1.807) is 13.0 Å². The van der Waals surface area contributed by atoms with Gasteiger partial charge in [0.05, 0.1) is 0 Å². The molecule has 1 aliphatic rings. The Morgan fingerprint density at radius 1 is 1.07 bits per heavy atom. The fraction of sp³-hybridized carbons (Fsp3) is 0.200. The van der Waals surface area contributed by atoms with Crippen molar-refractivity contribution in [3.8, 4) is 0 Å². The van der Waals surface area contributed by atoms with E-state index in [-0.39, 0.29) is 11.1 Å². The van der Waals surface area contributed by atoms with Gasteiger partial charge in [0.1, 0.15) is 0 Å². The Balaban J connectivity index is 2.71. The molecule has 0 amide bonds. The number of hydrogen-bond donors (Lipinski definition) is 2. The molecule has 0 bridgehead atoms. The summed E-state index contributed by atoms with van der Waals surface area (Å²) in [6, 6.07) is 4.55. The molecule has 0 aromatic heterocycles. The Hall–Kier alpha value is -1.52. The number of fused-ring (bicyclic) bond motifs is 1. The van der Waals surface area contributed by atoms with Crippen molar-refractivity contribution in [1.29, 1.82) is 0 Å². The predicted molar refractivity (Wildman–Crippen MR) is 47.0 cm³/mol. The first-order chi connectivity index (χ1) is 6.44. The summed E-state index contributed by atoms with van der Waals surface area (Å²) in [6.07, 6.45) is 0. The second kappa shape index (κ2) is 2.50. The second-order valence-corrected chi connectivity index (χ2v) is 3.38. The third-order valence-corrected chi connectivity index (χ3v) is 2.30. The molecule has 2 N–H and O–H groups in total. The minimum absolute atomic E-state index is 0.0746. The number of carbonyl (C=O) groups excluding carboxylic acids is 2. The van der Waals surface area contributed by atoms with Gasteiger partial charge in [0.25, 0.3) is 5.79 Å². The normalized spacial score (nSPS) is 18.5. The van der Waals surface area contributed by atoms with Gasteiger partial charge in [-0.15, -0.1) is 0 Å². The van der Waals surface area contributed by atoms with Gasteiger partial charge in [0, 0.05) is 11.1 Å². The average Bonchev–Trinajstić information content (AvgIpc) is 2.29. The topological polar surface area (TPSA) is 74.6 Å². The third-order valence-electron chi connectivity index (χ3n) is 2.30. The largest absolute Gasteiger partial charge is 0.353 e. The maximum Gasteiger partial charge on any atom is 0.295 e. The molecule has 0 unspecified atom stereocenters. The molecule has 4 nitrogen and oxygen atoms in total. The molecule has 0 aliphatic heterocycles. The first-order valence-electron chi connectivity index (χ1n) is 4.09. The molecule has 1 aromatic carbocycles. The lowest BCUT2D eigenvalue weighted by Crippen LogP contribution is -2.40. The van der Waals surface area contributed by atoms with Crippen LogP contribution >= 0.6 is 0 Å². The van der Waals surface area contributed by atoms with E-state index < -0.39 is 17.4 Å². The summed E-state index contributed by atoms with van der Waals surface area (Å²) < 4.78 is 0. The summed E-state index contributed by atoms with van der Waals surface area (Å²) >= 11 is 0. The molecule has 0 heterocycles. The Kier molecular flexibility index (Phi) is 1.61. The van der Waals surface area contributed by atoms with Crippen LogP contribution in [0, 0.1) is 6.92 Å². The van der Waals surface area contributed by atoms with Crippen molar-refractivity contribution in [2.45, 2.75) is 12.7 Å². The van der Waals surface area contributed by atoms with Crippen LogP contribution in [0.2, 0.25) is 0 Å². The van der Waals surface area contributed by atoms with E-state index in [4.69, 9.17) is 0 Å². The van der Waals surface area contributed by atoms with Crippen LogP contribution in [-0.4, -0.2) is 27.6 Å². The van der Waals surface area contributed by atoms with Crippen LogP contribution in [0.15, 0.2) is 18.2 Å². The standard InChI is InChI=1S/C10H8O4/c1-5-2-3-6-7(4-5)9(12)10(13,14)8(6)11/h2-4,13-14H,1H3. The molecule has 14 heavy (non-hydrogen) atoms.